The molecule has 0 saturated carbocycles. The van der Waals surface area contributed by atoms with Crippen molar-refractivity contribution in [2.24, 2.45) is 0 Å². The van der Waals surface area contributed by atoms with E-state index >= 15 is 0 Å². The Balaban J connectivity index is 1.72. The summed E-state index contributed by atoms with van der Waals surface area (Å²) in [5.74, 6) is 0.846. The van der Waals surface area contributed by atoms with Crippen LogP contribution in [0.5, 0.6) is 5.75 Å². The van der Waals surface area contributed by atoms with E-state index in [9.17, 15) is 13.2 Å². The van der Waals surface area contributed by atoms with Crippen LogP contribution in [0.15, 0.2) is 42.5 Å². The smallest absolute Gasteiger partial charge is 0.416 e. The van der Waals surface area contributed by atoms with Gasteiger partial charge < -0.3 is 15.0 Å². The third-order valence-electron chi connectivity index (χ3n) is 5.31. The molecular formula is C22H27F3N2O. The average molecular weight is 392 g/mol. The topological polar surface area (TPSA) is 24.5 Å². The van der Waals surface area contributed by atoms with E-state index in [0.717, 1.165) is 61.6 Å². The Labute approximate surface area is 164 Å². The highest BCUT2D eigenvalue weighted by atomic mass is 19.4. The molecular weight excluding hydrogens is 365 g/mol. The van der Waals surface area contributed by atoms with Crippen molar-refractivity contribution in [2.45, 2.75) is 32.5 Å². The Morgan fingerprint density at radius 3 is 2.43 bits per heavy atom. The largest absolute Gasteiger partial charge is 0.492 e. The summed E-state index contributed by atoms with van der Waals surface area (Å²) >= 11 is 0. The number of hydrogen-bond donors (Lipinski definition) is 1. The number of nitrogens with one attached hydrogen (secondary N) is 1. The Morgan fingerprint density at radius 1 is 1.07 bits per heavy atom. The summed E-state index contributed by atoms with van der Waals surface area (Å²) in [5.41, 5.74) is 2.50. The fourth-order valence-electron chi connectivity index (χ4n) is 3.63. The van der Waals surface area contributed by atoms with E-state index in [1.807, 2.05) is 12.1 Å². The highest BCUT2D eigenvalue weighted by Gasteiger charge is 2.30. The molecule has 152 valence electrons. The van der Waals surface area contributed by atoms with Gasteiger partial charge in [0.2, 0.25) is 0 Å². The maximum Gasteiger partial charge on any atom is 0.416 e. The van der Waals surface area contributed by atoms with Gasteiger partial charge >= 0.3 is 6.18 Å². The van der Waals surface area contributed by atoms with Gasteiger partial charge in [-0.1, -0.05) is 32.0 Å². The molecule has 2 aromatic carbocycles. The van der Waals surface area contributed by atoms with E-state index in [1.165, 1.54) is 5.56 Å². The summed E-state index contributed by atoms with van der Waals surface area (Å²) in [6.07, 6.45) is -3.44. The van der Waals surface area contributed by atoms with Gasteiger partial charge in [0.15, 0.2) is 0 Å². The van der Waals surface area contributed by atoms with Crippen LogP contribution in [0.4, 0.5) is 13.2 Å². The van der Waals surface area contributed by atoms with Crippen molar-refractivity contribution in [3.8, 4) is 5.75 Å². The van der Waals surface area contributed by atoms with Crippen LogP contribution in [-0.2, 0) is 12.6 Å². The van der Waals surface area contributed by atoms with Crippen LogP contribution in [0.2, 0.25) is 0 Å². The van der Waals surface area contributed by atoms with Crippen molar-refractivity contribution < 1.29 is 17.9 Å². The lowest BCUT2D eigenvalue weighted by molar-refractivity contribution is -0.137. The molecule has 0 radical (unpaired) electrons. The van der Waals surface area contributed by atoms with Crippen LogP contribution in [0.25, 0.3) is 0 Å². The highest BCUT2D eigenvalue weighted by Crippen LogP contribution is 2.34. The third kappa shape index (κ3) is 4.86. The average Bonchev–Trinajstić information content (AvgIpc) is 2.70. The lowest BCUT2D eigenvalue weighted by Gasteiger charge is -2.28. The molecule has 1 atom stereocenters. The number of nitrogens with zero attached hydrogens (tertiary/aromatic N) is 1. The van der Waals surface area contributed by atoms with Crippen molar-refractivity contribution in [1.82, 2.24) is 10.2 Å². The van der Waals surface area contributed by atoms with Crippen molar-refractivity contribution in [1.29, 1.82) is 0 Å². The molecule has 1 N–H and O–H groups in total. The lowest BCUT2D eigenvalue weighted by atomic mass is 9.89. The molecule has 6 heteroatoms. The van der Waals surface area contributed by atoms with E-state index in [2.05, 4.69) is 30.1 Å². The van der Waals surface area contributed by atoms with E-state index in [0.29, 0.717) is 6.61 Å². The number of halogens is 3. The summed E-state index contributed by atoms with van der Waals surface area (Å²) in [7, 11) is 0. The predicted octanol–water partition coefficient (Wildman–Crippen LogP) is 4.66. The molecule has 2 aromatic rings. The molecule has 0 spiro atoms. The number of rotatable bonds is 7. The van der Waals surface area contributed by atoms with Gasteiger partial charge in [0.1, 0.15) is 12.4 Å². The van der Waals surface area contributed by atoms with Gasteiger partial charge in [0.25, 0.3) is 0 Å². The Hall–Kier alpha value is -2.05. The van der Waals surface area contributed by atoms with E-state index < -0.39 is 11.7 Å². The quantitative estimate of drug-likeness (QED) is 0.742. The Morgan fingerprint density at radius 2 is 1.79 bits per heavy atom. The zero-order valence-electron chi connectivity index (χ0n) is 16.4. The first kappa shape index (κ1) is 20.7. The fraction of sp³-hybridized carbons (Fsp3) is 0.455. The molecule has 0 bridgehead atoms. The number of likely N-dealkylation sites (N-methyl/N-ethyl adjacent to an activating group) is 1. The molecule has 1 heterocycles. The molecule has 0 aliphatic carbocycles. The number of hydrogen-bond acceptors (Lipinski definition) is 3. The second kappa shape index (κ2) is 8.97. The molecule has 0 aromatic heterocycles. The van der Waals surface area contributed by atoms with Crippen molar-refractivity contribution in [3.05, 3.63) is 64.7 Å². The zero-order chi connectivity index (χ0) is 20.1. The summed E-state index contributed by atoms with van der Waals surface area (Å²) < 4.78 is 44.3. The molecule has 1 unspecified atom stereocenters. The van der Waals surface area contributed by atoms with Gasteiger partial charge in [-0.3, -0.25) is 0 Å². The van der Waals surface area contributed by atoms with Crippen molar-refractivity contribution in [3.63, 3.8) is 0 Å². The second-order valence-electron chi connectivity index (χ2n) is 6.99. The number of alkyl halides is 3. The highest BCUT2D eigenvalue weighted by molar-refractivity contribution is 5.44. The Bertz CT molecular complexity index is 770. The molecule has 0 amide bonds. The van der Waals surface area contributed by atoms with Gasteiger partial charge in [-0.25, -0.2) is 0 Å². The van der Waals surface area contributed by atoms with Crippen LogP contribution >= 0.6 is 0 Å². The molecule has 28 heavy (non-hydrogen) atoms. The number of benzene rings is 2. The fourth-order valence-corrected chi connectivity index (χ4v) is 3.63. The van der Waals surface area contributed by atoms with Gasteiger partial charge in [0, 0.05) is 13.1 Å². The number of fused-ring (bicyclic) bond motifs is 1. The van der Waals surface area contributed by atoms with Crippen LogP contribution in [-0.4, -0.2) is 37.7 Å². The number of ether oxygens (including phenoxy) is 1. The summed E-state index contributed by atoms with van der Waals surface area (Å²) in [5, 5.41) is 3.41. The van der Waals surface area contributed by atoms with E-state index in [1.54, 1.807) is 12.1 Å². The monoisotopic (exact) mass is 392 g/mol. The minimum atomic E-state index is -4.31. The first-order valence-electron chi connectivity index (χ1n) is 9.81. The van der Waals surface area contributed by atoms with Gasteiger partial charge in [-0.15, -0.1) is 0 Å². The molecule has 0 saturated heterocycles. The van der Waals surface area contributed by atoms with Crippen molar-refractivity contribution >= 4 is 0 Å². The minimum absolute atomic E-state index is 0.101. The molecule has 0 fully saturated rings. The van der Waals surface area contributed by atoms with Crippen LogP contribution in [0.1, 0.15) is 42.1 Å². The second-order valence-corrected chi connectivity index (χ2v) is 6.99. The van der Waals surface area contributed by atoms with E-state index in [-0.39, 0.29) is 6.04 Å². The third-order valence-corrected chi connectivity index (χ3v) is 5.31. The molecule has 3 nitrogen and oxygen atoms in total. The molecule has 3 rings (SSSR count). The first-order valence-corrected chi connectivity index (χ1v) is 9.81. The predicted molar refractivity (Wildman–Crippen MR) is 105 cm³/mol. The normalized spacial score (nSPS) is 16.9. The van der Waals surface area contributed by atoms with Gasteiger partial charge in [0.05, 0.1) is 11.6 Å². The van der Waals surface area contributed by atoms with Crippen LogP contribution in [0, 0.1) is 0 Å². The lowest BCUT2D eigenvalue weighted by Crippen LogP contribution is -2.30. The summed E-state index contributed by atoms with van der Waals surface area (Å²) in [6, 6.07) is 11.4. The van der Waals surface area contributed by atoms with Gasteiger partial charge in [-0.2, -0.15) is 13.2 Å². The van der Waals surface area contributed by atoms with Crippen LogP contribution in [0.3, 0.4) is 0 Å². The molecule has 1 aliphatic heterocycles. The maximum absolute atomic E-state index is 12.8. The first-order chi connectivity index (χ1) is 13.4. The van der Waals surface area contributed by atoms with Crippen LogP contribution < -0.4 is 10.1 Å². The minimum Gasteiger partial charge on any atom is -0.492 e. The standard InChI is InChI=1S/C22H27F3N2O/c1-3-27(4-2)13-14-28-19-9-10-20-17(15-19)11-12-26-21(20)16-5-7-18(8-6-16)22(23,24)25/h5-10,15,21,26H,3-4,11-14H2,1-2H3. The van der Waals surface area contributed by atoms with Gasteiger partial charge in [-0.05, 0) is 60.5 Å². The summed E-state index contributed by atoms with van der Waals surface area (Å²) in [6.45, 7) is 8.59. The van der Waals surface area contributed by atoms with Crippen molar-refractivity contribution in [2.75, 3.05) is 32.8 Å². The zero-order valence-corrected chi connectivity index (χ0v) is 16.4. The van der Waals surface area contributed by atoms with E-state index in [4.69, 9.17) is 4.74 Å². The molecule has 1 aliphatic rings. The Kier molecular flexibility index (Phi) is 6.62. The SMILES string of the molecule is CCN(CC)CCOc1ccc2c(c1)CCNC2c1ccc(C(F)(F)F)cc1. The summed E-state index contributed by atoms with van der Waals surface area (Å²) in [4.78, 5) is 2.31. The maximum atomic E-state index is 12.8.